The number of nitrogens with zero attached hydrogens (tertiary/aromatic N) is 1. The summed E-state index contributed by atoms with van der Waals surface area (Å²) < 4.78 is 21.7. The summed E-state index contributed by atoms with van der Waals surface area (Å²) in [5.74, 6) is 3.04. The highest BCUT2D eigenvalue weighted by atomic mass is 32.1. The first-order valence-corrected chi connectivity index (χ1v) is 9.35. The van der Waals surface area contributed by atoms with Crippen molar-refractivity contribution in [1.29, 1.82) is 0 Å². The highest BCUT2D eigenvalue weighted by Gasteiger charge is 2.15. The monoisotopic (exact) mass is 384 g/mol. The van der Waals surface area contributed by atoms with Gasteiger partial charge in [0.1, 0.15) is 5.01 Å². The predicted molar refractivity (Wildman–Crippen MR) is 104 cm³/mol. The van der Waals surface area contributed by atoms with Crippen LogP contribution in [0.3, 0.4) is 0 Å². The van der Waals surface area contributed by atoms with E-state index in [1.54, 1.807) is 25.6 Å². The second kappa shape index (κ2) is 7.85. The Hall–Kier alpha value is -2.77. The molecule has 1 aromatic heterocycles. The van der Waals surface area contributed by atoms with Gasteiger partial charge in [-0.25, -0.2) is 4.98 Å². The molecule has 0 aliphatic carbocycles. The van der Waals surface area contributed by atoms with Crippen LogP contribution in [0.5, 0.6) is 23.0 Å². The number of nitrogens with one attached hydrogen (secondary N) is 1. The van der Waals surface area contributed by atoms with Crippen LogP contribution < -0.4 is 24.3 Å². The van der Waals surface area contributed by atoms with E-state index in [1.165, 1.54) is 0 Å². The zero-order valence-corrected chi connectivity index (χ0v) is 16.0. The van der Waals surface area contributed by atoms with Crippen molar-refractivity contribution in [2.75, 3.05) is 21.0 Å². The smallest absolute Gasteiger partial charge is 0.231 e. The molecule has 0 unspecified atom stereocenters. The van der Waals surface area contributed by atoms with Gasteiger partial charge in [0.25, 0.3) is 0 Å². The lowest BCUT2D eigenvalue weighted by Crippen LogP contribution is -2.12. The van der Waals surface area contributed by atoms with E-state index in [2.05, 4.69) is 10.3 Å². The Kier molecular flexibility index (Phi) is 5.13. The topological polar surface area (TPSA) is 61.8 Å². The van der Waals surface area contributed by atoms with Crippen LogP contribution in [0.1, 0.15) is 10.6 Å². The molecule has 7 heteroatoms. The predicted octanol–water partition coefficient (Wildman–Crippen LogP) is 3.85. The van der Waals surface area contributed by atoms with Crippen LogP contribution in [0.15, 0.2) is 42.6 Å². The molecule has 0 amide bonds. The van der Waals surface area contributed by atoms with Crippen LogP contribution in [0.2, 0.25) is 0 Å². The van der Waals surface area contributed by atoms with Gasteiger partial charge in [-0.2, -0.15) is 0 Å². The van der Waals surface area contributed by atoms with Crippen molar-refractivity contribution in [3.63, 3.8) is 0 Å². The zero-order valence-electron chi connectivity index (χ0n) is 15.2. The van der Waals surface area contributed by atoms with Crippen LogP contribution in [0.4, 0.5) is 0 Å². The third kappa shape index (κ3) is 3.70. The lowest BCUT2D eigenvalue weighted by molar-refractivity contribution is 0.174. The Morgan fingerprint density at radius 3 is 2.81 bits per heavy atom. The number of ether oxygens (including phenoxy) is 4. The van der Waals surface area contributed by atoms with Gasteiger partial charge in [0.2, 0.25) is 6.79 Å². The maximum atomic E-state index is 5.52. The molecule has 2 heterocycles. The lowest BCUT2D eigenvalue weighted by atomic mass is 10.1. The Balaban J connectivity index is 1.42. The molecule has 0 atom stereocenters. The molecule has 0 saturated heterocycles. The van der Waals surface area contributed by atoms with Crippen molar-refractivity contribution in [3.8, 4) is 33.4 Å². The van der Waals surface area contributed by atoms with E-state index >= 15 is 0 Å². The van der Waals surface area contributed by atoms with Gasteiger partial charge in [-0.3, -0.25) is 0 Å². The summed E-state index contributed by atoms with van der Waals surface area (Å²) in [6.07, 6.45) is 1.87. The minimum atomic E-state index is 0.293. The van der Waals surface area contributed by atoms with Crippen LogP contribution in [0.25, 0.3) is 10.4 Å². The fourth-order valence-corrected chi connectivity index (χ4v) is 3.87. The van der Waals surface area contributed by atoms with Crippen molar-refractivity contribution in [1.82, 2.24) is 10.3 Å². The summed E-state index contributed by atoms with van der Waals surface area (Å²) in [4.78, 5) is 5.57. The third-order valence-electron chi connectivity index (χ3n) is 4.26. The first kappa shape index (κ1) is 17.6. The number of aromatic nitrogens is 1. The summed E-state index contributed by atoms with van der Waals surface area (Å²) in [7, 11) is 3.29. The Labute approximate surface area is 161 Å². The largest absolute Gasteiger partial charge is 0.493 e. The van der Waals surface area contributed by atoms with Gasteiger partial charge in [0, 0.05) is 24.8 Å². The number of fused-ring (bicyclic) bond motifs is 1. The molecule has 1 N–H and O–H groups in total. The molecule has 3 aromatic rings. The quantitative estimate of drug-likeness (QED) is 0.668. The average molecular weight is 384 g/mol. The van der Waals surface area contributed by atoms with Gasteiger partial charge in [-0.15, -0.1) is 11.3 Å². The van der Waals surface area contributed by atoms with Crippen molar-refractivity contribution in [3.05, 3.63) is 53.2 Å². The summed E-state index contributed by atoms with van der Waals surface area (Å²) in [5, 5.41) is 4.43. The summed E-state index contributed by atoms with van der Waals surface area (Å²) >= 11 is 1.64. The molecule has 0 radical (unpaired) electrons. The van der Waals surface area contributed by atoms with Crippen LogP contribution >= 0.6 is 11.3 Å². The molecule has 0 spiro atoms. The molecular formula is C20H20N2O4S. The number of benzene rings is 2. The van der Waals surface area contributed by atoms with E-state index in [0.717, 1.165) is 44.8 Å². The van der Waals surface area contributed by atoms with E-state index in [4.69, 9.17) is 18.9 Å². The Bertz CT molecular complexity index is 941. The zero-order chi connectivity index (χ0) is 18.6. The van der Waals surface area contributed by atoms with Crippen LogP contribution in [-0.4, -0.2) is 26.0 Å². The van der Waals surface area contributed by atoms with Gasteiger partial charge in [-0.05, 0) is 29.8 Å². The number of rotatable bonds is 7. The van der Waals surface area contributed by atoms with Crippen LogP contribution in [0, 0.1) is 0 Å². The van der Waals surface area contributed by atoms with Crippen molar-refractivity contribution in [2.45, 2.75) is 13.1 Å². The van der Waals surface area contributed by atoms with Crippen LogP contribution in [-0.2, 0) is 13.1 Å². The summed E-state index contributed by atoms with van der Waals surface area (Å²) in [6, 6.07) is 11.8. The fraction of sp³-hybridized carbons (Fsp3) is 0.250. The molecule has 0 bridgehead atoms. The maximum Gasteiger partial charge on any atom is 0.231 e. The molecule has 4 rings (SSSR count). The summed E-state index contributed by atoms with van der Waals surface area (Å²) in [6.45, 7) is 1.71. The van der Waals surface area contributed by atoms with Gasteiger partial charge < -0.3 is 24.3 Å². The molecule has 0 fully saturated rings. The first-order chi connectivity index (χ1) is 13.3. The van der Waals surface area contributed by atoms with E-state index in [-0.39, 0.29) is 0 Å². The molecular weight excluding hydrogens is 364 g/mol. The van der Waals surface area contributed by atoms with Crippen molar-refractivity contribution in [2.24, 2.45) is 0 Å². The maximum absolute atomic E-state index is 5.52. The number of hydrogen-bond acceptors (Lipinski definition) is 7. The molecule has 1 aliphatic heterocycles. The minimum absolute atomic E-state index is 0.293. The van der Waals surface area contributed by atoms with E-state index in [0.29, 0.717) is 19.1 Å². The molecule has 2 aromatic carbocycles. The molecule has 140 valence electrons. The Morgan fingerprint density at radius 2 is 1.96 bits per heavy atom. The fourth-order valence-electron chi connectivity index (χ4n) is 2.96. The van der Waals surface area contributed by atoms with Crippen molar-refractivity contribution < 1.29 is 18.9 Å². The molecule has 1 aliphatic rings. The molecule has 0 saturated carbocycles. The van der Waals surface area contributed by atoms with Gasteiger partial charge in [0.15, 0.2) is 23.0 Å². The standard InChI is InChI=1S/C20H20N2O4S/c1-23-16-5-3-4-14(20(16)24-2)18-10-22-19(27-18)11-21-9-13-6-7-15-17(8-13)26-12-25-15/h3-8,10,21H,9,11-12H2,1-2H3. The average Bonchev–Trinajstić information content (AvgIpc) is 3.36. The normalized spacial score (nSPS) is 12.2. The number of methoxy groups -OCH3 is 2. The van der Waals surface area contributed by atoms with Gasteiger partial charge in [0.05, 0.1) is 19.1 Å². The molecule has 6 nitrogen and oxygen atoms in total. The third-order valence-corrected chi connectivity index (χ3v) is 5.29. The second-order valence-corrected chi connectivity index (χ2v) is 7.07. The van der Waals surface area contributed by atoms with Crippen molar-refractivity contribution >= 4 is 11.3 Å². The highest BCUT2D eigenvalue weighted by molar-refractivity contribution is 7.15. The number of thiazole rings is 1. The summed E-state index contributed by atoms with van der Waals surface area (Å²) in [5.41, 5.74) is 2.13. The molecule has 27 heavy (non-hydrogen) atoms. The second-order valence-electron chi connectivity index (χ2n) is 5.95. The minimum Gasteiger partial charge on any atom is -0.493 e. The number of para-hydroxylation sites is 1. The van der Waals surface area contributed by atoms with Gasteiger partial charge in [-0.1, -0.05) is 12.1 Å². The highest BCUT2D eigenvalue weighted by Crippen LogP contribution is 2.40. The van der Waals surface area contributed by atoms with E-state index in [1.807, 2.05) is 42.6 Å². The lowest BCUT2D eigenvalue weighted by Gasteiger charge is -2.10. The van der Waals surface area contributed by atoms with E-state index < -0.39 is 0 Å². The first-order valence-electron chi connectivity index (χ1n) is 8.54. The van der Waals surface area contributed by atoms with Gasteiger partial charge >= 0.3 is 0 Å². The SMILES string of the molecule is COc1cccc(-c2cnc(CNCc3ccc4c(c3)OCO4)s2)c1OC. The Morgan fingerprint density at radius 1 is 1.07 bits per heavy atom. The van der Waals surface area contributed by atoms with E-state index in [9.17, 15) is 0 Å². The number of hydrogen-bond donors (Lipinski definition) is 1.